The molecular weight excluding hydrogens is 318 g/mol. The van der Waals surface area contributed by atoms with Crippen LogP contribution in [0.2, 0.25) is 0 Å². The fourth-order valence-electron chi connectivity index (χ4n) is 2.36. The van der Waals surface area contributed by atoms with Crippen molar-refractivity contribution in [2.45, 2.75) is 39.2 Å². The van der Waals surface area contributed by atoms with Crippen LogP contribution in [0.5, 0.6) is 0 Å². The molecule has 2 rings (SSSR count). The van der Waals surface area contributed by atoms with Crippen molar-refractivity contribution in [2.75, 3.05) is 0 Å². The Bertz CT molecular complexity index is 578. The summed E-state index contributed by atoms with van der Waals surface area (Å²) >= 11 is 3.36. The molecule has 0 aliphatic heterocycles. The molecule has 108 valence electrons. The predicted molar refractivity (Wildman–Crippen MR) is 82.7 cm³/mol. The van der Waals surface area contributed by atoms with Gasteiger partial charge in [0.2, 0.25) is 0 Å². The van der Waals surface area contributed by atoms with Crippen molar-refractivity contribution in [3.8, 4) is 0 Å². The maximum absolute atomic E-state index is 10.1. The summed E-state index contributed by atoms with van der Waals surface area (Å²) in [5.74, 6) is 0. The maximum Gasteiger partial charge on any atom is 0.0628 e. The van der Waals surface area contributed by atoms with E-state index in [1.807, 2.05) is 30.8 Å². The normalized spacial score (nSPS) is 12.7. The monoisotopic (exact) mass is 337 g/mol. The summed E-state index contributed by atoms with van der Waals surface area (Å²) in [6.07, 6.45) is 3.56. The van der Waals surface area contributed by atoms with E-state index in [-0.39, 0.29) is 6.10 Å². The van der Waals surface area contributed by atoms with E-state index in [9.17, 15) is 5.11 Å². The molecule has 2 heterocycles. The molecule has 1 unspecified atom stereocenters. The summed E-state index contributed by atoms with van der Waals surface area (Å²) in [6, 6.07) is 3.89. The van der Waals surface area contributed by atoms with Gasteiger partial charge in [0.1, 0.15) is 0 Å². The number of nitrogens with zero attached hydrogens (tertiary/aromatic N) is 3. The highest BCUT2D eigenvalue weighted by Crippen LogP contribution is 2.16. The average molecular weight is 338 g/mol. The Kier molecular flexibility index (Phi) is 4.94. The fraction of sp³-hybridized carbons (Fsp3) is 0.467. The van der Waals surface area contributed by atoms with Gasteiger partial charge in [-0.1, -0.05) is 0 Å². The summed E-state index contributed by atoms with van der Waals surface area (Å²) in [6.45, 7) is 4.09. The number of aryl methyl sites for hydroxylation is 2. The molecule has 0 bridgehead atoms. The number of halogens is 1. The second-order valence-corrected chi connectivity index (χ2v) is 6.05. The summed E-state index contributed by atoms with van der Waals surface area (Å²) in [5, 5.41) is 14.5. The molecule has 2 aromatic rings. The van der Waals surface area contributed by atoms with Crippen LogP contribution in [0.4, 0.5) is 0 Å². The third-order valence-electron chi connectivity index (χ3n) is 3.62. The topological polar surface area (TPSA) is 50.9 Å². The van der Waals surface area contributed by atoms with E-state index in [2.05, 4.69) is 32.9 Å². The van der Waals surface area contributed by atoms with Crippen LogP contribution < -0.4 is 0 Å². The molecule has 0 amide bonds. The summed E-state index contributed by atoms with van der Waals surface area (Å²) < 4.78 is 2.85. The second kappa shape index (κ2) is 6.50. The highest BCUT2D eigenvalue weighted by molar-refractivity contribution is 9.10. The molecule has 0 aliphatic rings. The van der Waals surface area contributed by atoms with Gasteiger partial charge in [0, 0.05) is 35.5 Å². The van der Waals surface area contributed by atoms with Crippen LogP contribution in [0.15, 0.2) is 22.8 Å². The van der Waals surface area contributed by atoms with Gasteiger partial charge in [-0.15, -0.1) is 0 Å². The van der Waals surface area contributed by atoms with E-state index in [0.717, 1.165) is 28.7 Å². The number of aromatic nitrogens is 3. The van der Waals surface area contributed by atoms with Crippen molar-refractivity contribution in [2.24, 2.45) is 7.05 Å². The highest BCUT2D eigenvalue weighted by atomic mass is 79.9. The Morgan fingerprint density at radius 1 is 1.35 bits per heavy atom. The maximum atomic E-state index is 10.1. The highest BCUT2D eigenvalue weighted by Gasteiger charge is 2.12. The van der Waals surface area contributed by atoms with E-state index in [1.54, 1.807) is 6.20 Å². The van der Waals surface area contributed by atoms with Gasteiger partial charge in [0.25, 0.3) is 0 Å². The van der Waals surface area contributed by atoms with Gasteiger partial charge >= 0.3 is 0 Å². The SMILES string of the molecule is Cc1nn(C)c(C)c1CCC(O)Cc1ccc(Br)cn1. The molecule has 5 heteroatoms. The molecule has 1 atom stereocenters. The van der Waals surface area contributed by atoms with Gasteiger partial charge in [0.15, 0.2) is 0 Å². The molecule has 0 radical (unpaired) electrons. The van der Waals surface area contributed by atoms with Crippen molar-refractivity contribution in [3.05, 3.63) is 45.4 Å². The first kappa shape index (κ1) is 15.2. The lowest BCUT2D eigenvalue weighted by Crippen LogP contribution is -2.13. The molecule has 20 heavy (non-hydrogen) atoms. The molecule has 0 aliphatic carbocycles. The minimum atomic E-state index is -0.373. The number of aliphatic hydroxyl groups is 1. The summed E-state index contributed by atoms with van der Waals surface area (Å²) in [7, 11) is 1.95. The van der Waals surface area contributed by atoms with Gasteiger partial charge < -0.3 is 5.11 Å². The Morgan fingerprint density at radius 3 is 2.65 bits per heavy atom. The van der Waals surface area contributed by atoms with Crippen LogP contribution in [-0.4, -0.2) is 26.0 Å². The second-order valence-electron chi connectivity index (χ2n) is 5.14. The largest absolute Gasteiger partial charge is 0.393 e. The van der Waals surface area contributed by atoms with E-state index in [1.165, 1.54) is 11.3 Å². The molecule has 0 aromatic carbocycles. The fourth-order valence-corrected chi connectivity index (χ4v) is 2.60. The van der Waals surface area contributed by atoms with Crippen molar-refractivity contribution in [1.82, 2.24) is 14.8 Å². The van der Waals surface area contributed by atoms with E-state index < -0.39 is 0 Å². The minimum Gasteiger partial charge on any atom is -0.393 e. The first-order valence-electron chi connectivity index (χ1n) is 6.75. The lowest BCUT2D eigenvalue weighted by atomic mass is 10.0. The molecule has 4 nitrogen and oxygen atoms in total. The first-order chi connectivity index (χ1) is 9.47. The van der Waals surface area contributed by atoms with Gasteiger partial charge in [-0.05, 0) is 60.3 Å². The first-order valence-corrected chi connectivity index (χ1v) is 7.54. The van der Waals surface area contributed by atoms with E-state index in [4.69, 9.17) is 0 Å². The van der Waals surface area contributed by atoms with Crippen LogP contribution in [0.3, 0.4) is 0 Å². The molecule has 2 aromatic heterocycles. The molecule has 0 spiro atoms. The lowest BCUT2D eigenvalue weighted by Gasteiger charge is -2.10. The Balaban J connectivity index is 1.92. The van der Waals surface area contributed by atoms with E-state index in [0.29, 0.717) is 6.42 Å². The summed E-state index contributed by atoms with van der Waals surface area (Å²) in [4.78, 5) is 4.29. The predicted octanol–water partition coefficient (Wildman–Crippen LogP) is 2.73. The van der Waals surface area contributed by atoms with Crippen molar-refractivity contribution in [3.63, 3.8) is 0 Å². The molecule has 0 saturated carbocycles. The molecule has 1 N–H and O–H groups in total. The third kappa shape index (κ3) is 3.67. The molecular formula is C15H20BrN3O. The number of rotatable bonds is 5. The van der Waals surface area contributed by atoms with Crippen molar-refractivity contribution >= 4 is 15.9 Å². The average Bonchev–Trinajstić information content (AvgIpc) is 2.64. The van der Waals surface area contributed by atoms with E-state index >= 15 is 0 Å². The Labute approximate surface area is 128 Å². The quantitative estimate of drug-likeness (QED) is 0.912. The number of pyridine rings is 1. The van der Waals surface area contributed by atoms with Gasteiger partial charge in [-0.3, -0.25) is 9.67 Å². The Morgan fingerprint density at radius 2 is 2.10 bits per heavy atom. The third-order valence-corrected chi connectivity index (χ3v) is 4.09. The zero-order valence-corrected chi connectivity index (χ0v) is 13.7. The van der Waals surface area contributed by atoms with Crippen LogP contribution in [-0.2, 0) is 19.9 Å². The minimum absolute atomic E-state index is 0.373. The van der Waals surface area contributed by atoms with Gasteiger partial charge in [-0.25, -0.2) is 0 Å². The number of hydrogen-bond acceptors (Lipinski definition) is 3. The zero-order chi connectivity index (χ0) is 14.7. The lowest BCUT2D eigenvalue weighted by molar-refractivity contribution is 0.164. The van der Waals surface area contributed by atoms with Crippen molar-refractivity contribution < 1.29 is 5.11 Å². The van der Waals surface area contributed by atoms with Crippen LogP contribution in [0.1, 0.15) is 29.1 Å². The number of hydrogen-bond donors (Lipinski definition) is 1. The standard InChI is InChI=1S/C15H20BrN3O/c1-10-15(11(2)19(3)18-10)7-6-14(20)8-13-5-4-12(16)9-17-13/h4-5,9,14,20H,6-8H2,1-3H3. The van der Waals surface area contributed by atoms with Crippen LogP contribution in [0, 0.1) is 13.8 Å². The number of aliphatic hydroxyl groups excluding tert-OH is 1. The van der Waals surface area contributed by atoms with Gasteiger partial charge in [-0.2, -0.15) is 5.10 Å². The molecule has 0 fully saturated rings. The summed E-state index contributed by atoms with van der Waals surface area (Å²) in [5.41, 5.74) is 4.39. The molecule has 0 saturated heterocycles. The smallest absolute Gasteiger partial charge is 0.0628 e. The van der Waals surface area contributed by atoms with Crippen molar-refractivity contribution in [1.29, 1.82) is 0 Å². The van der Waals surface area contributed by atoms with Crippen LogP contribution >= 0.6 is 15.9 Å². The van der Waals surface area contributed by atoms with Crippen LogP contribution in [0.25, 0.3) is 0 Å². The van der Waals surface area contributed by atoms with Gasteiger partial charge in [0.05, 0.1) is 11.8 Å². The Hall–Kier alpha value is -1.20. The zero-order valence-electron chi connectivity index (χ0n) is 12.1.